The highest BCUT2D eigenvalue weighted by Crippen LogP contribution is 2.24. The van der Waals surface area contributed by atoms with Gasteiger partial charge in [-0.1, -0.05) is 29.3 Å². The summed E-state index contributed by atoms with van der Waals surface area (Å²) >= 11 is 12.2. The number of hydrogen-bond donors (Lipinski definition) is 1. The van der Waals surface area contributed by atoms with Crippen LogP contribution in [0.1, 0.15) is 5.56 Å². The summed E-state index contributed by atoms with van der Waals surface area (Å²) in [6.07, 6.45) is 1.43. The van der Waals surface area contributed by atoms with Crippen LogP contribution in [0.15, 0.2) is 40.1 Å². The number of hydrogen-bond acceptors (Lipinski definition) is 3. The average Bonchev–Trinajstić information content (AvgIpc) is 2.41. The van der Waals surface area contributed by atoms with Crippen LogP contribution in [0.3, 0.4) is 0 Å². The van der Waals surface area contributed by atoms with Gasteiger partial charge in [-0.15, -0.1) is 0 Å². The summed E-state index contributed by atoms with van der Waals surface area (Å²) in [7, 11) is 0. The summed E-state index contributed by atoms with van der Waals surface area (Å²) in [5.74, 6) is 0. The van der Waals surface area contributed by atoms with Gasteiger partial charge in [0.05, 0.1) is 6.54 Å². The van der Waals surface area contributed by atoms with Crippen molar-refractivity contribution in [1.29, 1.82) is 0 Å². The maximum Gasteiger partial charge on any atom is 0.331 e. The summed E-state index contributed by atoms with van der Waals surface area (Å²) < 4.78 is 2.47. The molecular formula is C13H13Cl2N3O2. The molecule has 7 heteroatoms. The molecule has 2 aromatic rings. The van der Waals surface area contributed by atoms with Crippen molar-refractivity contribution in [2.45, 2.75) is 13.1 Å². The van der Waals surface area contributed by atoms with Gasteiger partial charge in [0.1, 0.15) is 0 Å². The fraction of sp³-hybridized carbons (Fsp3) is 0.231. The average molecular weight is 314 g/mol. The molecule has 1 heterocycles. The summed E-state index contributed by atoms with van der Waals surface area (Å²) in [6, 6.07) is 6.45. The van der Waals surface area contributed by atoms with Crippen LogP contribution < -0.4 is 17.0 Å². The van der Waals surface area contributed by atoms with Crippen molar-refractivity contribution in [2.24, 2.45) is 5.73 Å². The lowest BCUT2D eigenvalue weighted by Gasteiger charge is -2.11. The molecule has 2 N–H and O–H groups in total. The first kappa shape index (κ1) is 14.8. The summed E-state index contributed by atoms with van der Waals surface area (Å²) in [6.45, 7) is 0.586. The predicted molar refractivity (Wildman–Crippen MR) is 79.6 cm³/mol. The van der Waals surface area contributed by atoms with E-state index in [1.807, 2.05) is 0 Å². The standard InChI is InChI=1S/C13H13Cl2N3O2/c14-10-2-1-3-11(15)9(10)8-17-6-4-12(19)18(7-5-16)13(17)20/h1-4,6H,5,7-8,16H2. The maximum atomic E-state index is 12.2. The third-order valence-corrected chi connectivity index (χ3v) is 3.59. The lowest BCUT2D eigenvalue weighted by atomic mass is 10.2. The van der Waals surface area contributed by atoms with Crippen molar-refractivity contribution < 1.29 is 0 Å². The van der Waals surface area contributed by atoms with Crippen LogP contribution in [0.4, 0.5) is 0 Å². The van der Waals surface area contributed by atoms with Gasteiger partial charge in [-0.05, 0) is 12.1 Å². The molecular weight excluding hydrogens is 301 g/mol. The smallest absolute Gasteiger partial charge is 0.329 e. The topological polar surface area (TPSA) is 70.0 Å². The van der Waals surface area contributed by atoms with Gasteiger partial charge in [0, 0.05) is 41.0 Å². The molecule has 0 saturated heterocycles. The lowest BCUT2D eigenvalue weighted by Crippen LogP contribution is -2.40. The van der Waals surface area contributed by atoms with Crippen LogP contribution in [0.2, 0.25) is 10.0 Å². The van der Waals surface area contributed by atoms with Crippen molar-refractivity contribution in [3.63, 3.8) is 0 Å². The normalized spacial score (nSPS) is 10.8. The van der Waals surface area contributed by atoms with Gasteiger partial charge in [-0.25, -0.2) is 4.79 Å². The second-order valence-corrected chi connectivity index (χ2v) is 5.02. The van der Waals surface area contributed by atoms with Gasteiger partial charge in [0.25, 0.3) is 5.56 Å². The molecule has 1 aromatic carbocycles. The van der Waals surface area contributed by atoms with Gasteiger partial charge in [0.15, 0.2) is 0 Å². The Morgan fingerprint density at radius 3 is 2.35 bits per heavy atom. The summed E-state index contributed by atoms with van der Waals surface area (Å²) in [5.41, 5.74) is 5.23. The molecule has 106 valence electrons. The Labute approximate surface area is 125 Å². The van der Waals surface area contributed by atoms with E-state index in [2.05, 4.69) is 0 Å². The van der Waals surface area contributed by atoms with Crippen molar-refractivity contribution >= 4 is 23.2 Å². The number of nitrogens with zero attached hydrogens (tertiary/aromatic N) is 2. The quantitative estimate of drug-likeness (QED) is 0.925. The molecule has 0 aliphatic rings. The van der Waals surface area contributed by atoms with Crippen LogP contribution in [0, 0.1) is 0 Å². The van der Waals surface area contributed by atoms with E-state index in [0.29, 0.717) is 15.6 Å². The van der Waals surface area contributed by atoms with Crippen LogP contribution >= 0.6 is 23.2 Å². The minimum absolute atomic E-state index is 0.175. The van der Waals surface area contributed by atoms with Gasteiger partial charge in [-0.2, -0.15) is 0 Å². The van der Waals surface area contributed by atoms with Crippen LogP contribution in [-0.2, 0) is 13.1 Å². The van der Waals surface area contributed by atoms with E-state index < -0.39 is 5.69 Å². The number of benzene rings is 1. The molecule has 2 rings (SSSR count). The van der Waals surface area contributed by atoms with Gasteiger partial charge in [-0.3, -0.25) is 13.9 Å². The SMILES string of the molecule is NCCn1c(=O)ccn(Cc2c(Cl)cccc2Cl)c1=O. The van der Waals surface area contributed by atoms with E-state index in [0.717, 1.165) is 4.57 Å². The summed E-state index contributed by atoms with van der Waals surface area (Å²) in [5, 5.41) is 0.946. The number of aromatic nitrogens is 2. The molecule has 0 atom stereocenters. The van der Waals surface area contributed by atoms with Gasteiger partial charge < -0.3 is 5.73 Å². The second kappa shape index (κ2) is 6.26. The molecule has 1 aromatic heterocycles. The first-order valence-electron chi connectivity index (χ1n) is 5.98. The number of halogens is 2. The Morgan fingerprint density at radius 2 is 1.75 bits per heavy atom. The first-order valence-corrected chi connectivity index (χ1v) is 6.73. The van der Waals surface area contributed by atoms with E-state index in [9.17, 15) is 9.59 Å². The third kappa shape index (κ3) is 2.95. The minimum Gasteiger partial charge on any atom is -0.329 e. The van der Waals surface area contributed by atoms with Crippen molar-refractivity contribution in [3.8, 4) is 0 Å². The molecule has 0 bridgehead atoms. The molecule has 5 nitrogen and oxygen atoms in total. The molecule has 0 unspecified atom stereocenters. The molecule has 0 aliphatic carbocycles. The molecule has 0 spiro atoms. The van der Waals surface area contributed by atoms with Gasteiger partial charge >= 0.3 is 5.69 Å². The summed E-state index contributed by atoms with van der Waals surface area (Å²) in [4.78, 5) is 23.8. The third-order valence-electron chi connectivity index (χ3n) is 2.88. The highest BCUT2D eigenvalue weighted by atomic mass is 35.5. The maximum absolute atomic E-state index is 12.2. The second-order valence-electron chi connectivity index (χ2n) is 4.20. The largest absolute Gasteiger partial charge is 0.331 e. The van der Waals surface area contributed by atoms with Crippen molar-refractivity contribution in [2.75, 3.05) is 6.54 Å². The number of rotatable bonds is 4. The van der Waals surface area contributed by atoms with Crippen LogP contribution in [0.5, 0.6) is 0 Å². The minimum atomic E-state index is -0.432. The van der Waals surface area contributed by atoms with E-state index in [1.54, 1.807) is 18.2 Å². The Morgan fingerprint density at radius 1 is 1.10 bits per heavy atom. The fourth-order valence-electron chi connectivity index (χ4n) is 1.87. The van der Waals surface area contributed by atoms with Crippen LogP contribution in [0.25, 0.3) is 0 Å². The Balaban J connectivity index is 2.48. The molecule has 0 saturated carbocycles. The first-order chi connectivity index (χ1) is 9.54. The lowest BCUT2D eigenvalue weighted by molar-refractivity contribution is 0.579. The zero-order valence-corrected chi connectivity index (χ0v) is 12.1. The molecule has 0 radical (unpaired) electrons. The molecule has 0 fully saturated rings. The van der Waals surface area contributed by atoms with E-state index in [-0.39, 0.29) is 25.2 Å². The number of nitrogens with two attached hydrogens (primary N) is 1. The monoisotopic (exact) mass is 313 g/mol. The van der Waals surface area contributed by atoms with Crippen LogP contribution in [-0.4, -0.2) is 15.7 Å². The van der Waals surface area contributed by atoms with Gasteiger partial charge in [0.2, 0.25) is 0 Å². The highest BCUT2D eigenvalue weighted by molar-refractivity contribution is 6.35. The Kier molecular flexibility index (Phi) is 4.65. The molecule has 0 amide bonds. The van der Waals surface area contributed by atoms with Crippen molar-refractivity contribution in [1.82, 2.24) is 9.13 Å². The van der Waals surface area contributed by atoms with E-state index in [1.165, 1.54) is 16.8 Å². The fourth-order valence-corrected chi connectivity index (χ4v) is 2.38. The zero-order chi connectivity index (χ0) is 14.7. The Bertz CT molecular complexity index is 717. The Hall–Kier alpha value is -1.56. The molecule has 20 heavy (non-hydrogen) atoms. The zero-order valence-electron chi connectivity index (χ0n) is 10.6. The van der Waals surface area contributed by atoms with Crippen molar-refractivity contribution in [3.05, 3.63) is 66.9 Å². The molecule has 0 aliphatic heterocycles. The highest BCUT2D eigenvalue weighted by Gasteiger charge is 2.09. The van der Waals surface area contributed by atoms with E-state index in [4.69, 9.17) is 28.9 Å². The predicted octanol–water partition coefficient (Wildman–Crippen LogP) is 1.32. The van der Waals surface area contributed by atoms with E-state index >= 15 is 0 Å².